The maximum Gasteiger partial charge on any atom is 0.231 e. The summed E-state index contributed by atoms with van der Waals surface area (Å²) < 4.78 is 7.52. The van der Waals surface area contributed by atoms with Gasteiger partial charge < -0.3 is 9.73 Å². The van der Waals surface area contributed by atoms with Gasteiger partial charge >= 0.3 is 0 Å². The first-order chi connectivity index (χ1) is 11.7. The van der Waals surface area contributed by atoms with Gasteiger partial charge in [0, 0.05) is 30.7 Å². The molecule has 24 heavy (non-hydrogen) atoms. The van der Waals surface area contributed by atoms with Gasteiger partial charge in [0.25, 0.3) is 0 Å². The molecule has 0 amide bonds. The molecule has 7 nitrogen and oxygen atoms in total. The summed E-state index contributed by atoms with van der Waals surface area (Å²) in [5.74, 6) is 2.46. The predicted molar refractivity (Wildman–Crippen MR) is 90.0 cm³/mol. The van der Waals surface area contributed by atoms with Gasteiger partial charge in [-0.15, -0.1) is 0 Å². The van der Waals surface area contributed by atoms with Crippen LogP contribution in [0.2, 0.25) is 0 Å². The van der Waals surface area contributed by atoms with Gasteiger partial charge in [-0.05, 0) is 31.5 Å². The van der Waals surface area contributed by atoms with Crippen LogP contribution in [0.5, 0.6) is 0 Å². The van der Waals surface area contributed by atoms with Crippen LogP contribution in [-0.4, -0.2) is 24.5 Å². The highest BCUT2D eigenvalue weighted by Gasteiger charge is 2.13. The van der Waals surface area contributed by atoms with E-state index in [1.54, 1.807) is 18.7 Å². The van der Waals surface area contributed by atoms with Crippen molar-refractivity contribution in [1.82, 2.24) is 24.5 Å². The molecule has 7 heteroatoms. The van der Waals surface area contributed by atoms with E-state index in [9.17, 15) is 0 Å². The lowest BCUT2D eigenvalue weighted by molar-refractivity contribution is 0.564. The Morgan fingerprint density at radius 2 is 2.08 bits per heavy atom. The topological polar surface area (TPSA) is 81.7 Å². The first-order valence-corrected chi connectivity index (χ1v) is 7.60. The fraction of sp³-hybridized carbons (Fsp3) is 0.176. The van der Waals surface area contributed by atoms with Gasteiger partial charge in [0.1, 0.15) is 30.1 Å². The Kier molecular flexibility index (Phi) is 3.45. The summed E-state index contributed by atoms with van der Waals surface area (Å²) in [6.07, 6.45) is 8.62. The van der Waals surface area contributed by atoms with E-state index in [-0.39, 0.29) is 0 Å². The summed E-state index contributed by atoms with van der Waals surface area (Å²) >= 11 is 0. The molecule has 4 heterocycles. The smallest absolute Gasteiger partial charge is 0.231 e. The van der Waals surface area contributed by atoms with E-state index in [1.807, 2.05) is 36.7 Å². The number of imidazole rings is 1. The van der Waals surface area contributed by atoms with Crippen molar-refractivity contribution >= 4 is 16.9 Å². The van der Waals surface area contributed by atoms with E-state index in [4.69, 9.17) is 4.42 Å². The number of hydrogen-bond acceptors (Lipinski definition) is 6. The standard InChI is InChI=1S/C17H16N6O/c1-11-12(2)24-17-15(11)16(21-9-22-17)20-8-13-3-4-19-14(7-13)23-6-5-18-10-23/h3-7,9-10H,8H2,1-2H3,(H,20,21,22). The Morgan fingerprint density at radius 3 is 2.92 bits per heavy atom. The van der Waals surface area contributed by atoms with E-state index < -0.39 is 0 Å². The van der Waals surface area contributed by atoms with Gasteiger partial charge in [0.15, 0.2) is 0 Å². The first-order valence-electron chi connectivity index (χ1n) is 7.60. The highest BCUT2D eigenvalue weighted by atomic mass is 16.3. The lowest BCUT2D eigenvalue weighted by Gasteiger charge is -2.08. The fourth-order valence-electron chi connectivity index (χ4n) is 2.61. The summed E-state index contributed by atoms with van der Waals surface area (Å²) in [6, 6.07) is 3.99. The first kappa shape index (κ1) is 14.4. The van der Waals surface area contributed by atoms with Crippen LogP contribution >= 0.6 is 0 Å². The molecule has 1 N–H and O–H groups in total. The van der Waals surface area contributed by atoms with Crippen LogP contribution < -0.4 is 5.32 Å². The van der Waals surface area contributed by atoms with Crippen LogP contribution in [0.15, 0.2) is 47.8 Å². The highest BCUT2D eigenvalue weighted by molar-refractivity contribution is 5.89. The summed E-state index contributed by atoms with van der Waals surface area (Å²) in [5, 5.41) is 4.30. The third-order valence-corrected chi connectivity index (χ3v) is 4.00. The third kappa shape index (κ3) is 2.50. The highest BCUT2D eigenvalue weighted by Crippen LogP contribution is 2.28. The second-order valence-electron chi connectivity index (χ2n) is 5.53. The van der Waals surface area contributed by atoms with Crippen LogP contribution in [0.1, 0.15) is 16.9 Å². The Hall–Kier alpha value is -3.22. The molecule has 0 aromatic carbocycles. The van der Waals surface area contributed by atoms with E-state index in [2.05, 4.69) is 25.3 Å². The van der Waals surface area contributed by atoms with Crippen molar-refractivity contribution < 1.29 is 4.42 Å². The number of nitrogens with zero attached hydrogens (tertiary/aromatic N) is 5. The number of rotatable bonds is 4. The molecule has 120 valence electrons. The van der Waals surface area contributed by atoms with Crippen LogP contribution in [0.4, 0.5) is 5.82 Å². The van der Waals surface area contributed by atoms with Crippen molar-refractivity contribution in [2.24, 2.45) is 0 Å². The molecule has 0 bridgehead atoms. The largest absolute Gasteiger partial charge is 0.443 e. The lowest BCUT2D eigenvalue weighted by Crippen LogP contribution is -2.04. The monoisotopic (exact) mass is 320 g/mol. The quantitative estimate of drug-likeness (QED) is 0.622. The Balaban J connectivity index is 1.61. The number of aromatic nitrogens is 5. The number of furan rings is 1. The van der Waals surface area contributed by atoms with Gasteiger partial charge in [-0.3, -0.25) is 4.57 Å². The molecule has 0 unspecified atom stereocenters. The summed E-state index contributed by atoms with van der Waals surface area (Å²) in [6.45, 7) is 4.57. The second kappa shape index (κ2) is 5.77. The predicted octanol–water partition coefficient (Wildman–Crippen LogP) is 3.03. The van der Waals surface area contributed by atoms with Crippen LogP contribution in [0.25, 0.3) is 16.9 Å². The van der Waals surface area contributed by atoms with Gasteiger partial charge in [-0.1, -0.05) is 0 Å². The normalized spacial score (nSPS) is 11.1. The molecule has 0 atom stereocenters. The van der Waals surface area contributed by atoms with Crippen molar-refractivity contribution in [1.29, 1.82) is 0 Å². The van der Waals surface area contributed by atoms with Crippen LogP contribution in [-0.2, 0) is 6.54 Å². The zero-order valence-corrected chi connectivity index (χ0v) is 13.4. The van der Waals surface area contributed by atoms with Gasteiger partial charge in [0.2, 0.25) is 5.71 Å². The van der Waals surface area contributed by atoms with E-state index in [1.165, 1.54) is 6.33 Å². The molecule has 0 saturated heterocycles. The average molecular weight is 320 g/mol. The summed E-state index contributed by atoms with van der Waals surface area (Å²) in [4.78, 5) is 17.0. The molecule has 0 aliphatic rings. The molecule has 0 fully saturated rings. The number of pyridine rings is 1. The molecule has 0 radical (unpaired) electrons. The number of fused-ring (bicyclic) bond motifs is 1. The number of anilines is 1. The van der Waals surface area contributed by atoms with E-state index in [0.29, 0.717) is 12.3 Å². The molecule has 4 aromatic heterocycles. The lowest BCUT2D eigenvalue weighted by atomic mass is 10.2. The molecule has 4 aromatic rings. The maximum atomic E-state index is 5.65. The van der Waals surface area contributed by atoms with Gasteiger partial charge in [-0.2, -0.15) is 0 Å². The summed E-state index contributed by atoms with van der Waals surface area (Å²) in [5.41, 5.74) is 2.76. The fourth-order valence-corrected chi connectivity index (χ4v) is 2.61. The molecule has 0 aliphatic heterocycles. The van der Waals surface area contributed by atoms with Gasteiger partial charge in [0.05, 0.1) is 5.39 Å². The molecule has 0 saturated carbocycles. The minimum Gasteiger partial charge on any atom is -0.443 e. The van der Waals surface area contributed by atoms with Crippen molar-refractivity contribution in [3.63, 3.8) is 0 Å². The van der Waals surface area contributed by atoms with E-state index >= 15 is 0 Å². The SMILES string of the molecule is Cc1oc2ncnc(NCc3ccnc(-n4ccnc4)c3)c2c1C. The minimum atomic E-state index is 0.608. The molecule has 0 spiro atoms. The Labute approximate surface area is 138 Å². The number of nitrogens with one attached hydrogen (secondary N) is 1. The molecule has 0 aliphatic carbocycles. The third-order valence-electron chi connectivity index (χ3n) is 4.00. The maximum absolute atomic E-state index is 5.65. The van der Waals surface area contributed by atoms with Gasteiger partial charge in [-0.25, -0.2) is 19.9 Å². The average Bonchev–Trinajstić information content (AvgIpc) is 3.23. The molecular weight excluding hydrogens is 304 g/mol. The van der Waals surface area contributed by atoms with Crippen molar-refractivity contribution in [2.45, 2.75) is 20.4 Å². The second-order valence-corrected chi connectivity index (χ2v) is 5.53. The minimum absolute atomic E-state index is 0.608. The van der Waals surface area contributed by atoms with Crippen LogP contribution in [0, 0.1) is 13.8 Å². The number of hydrogen-bond donors (Lipinski definition) is 1. The van der Waals surface area contributed by atoms with E-state index in [0.717, 1.165) is 33.9 Å². The Morgan fingerprint density at radius 1 is 1.17 bits per heavy atom. The Bertz CT molecular complexity index is 990. The molecular formula is C17H16N6O. The summed E-state index contributed by atoms with van der Waals surface area (Å²) in [7, 11) is 0. The van der Waals surface area contributed by atoms with Crippen LogP contribution in [0.3, 0.4) is 0 Å². The molecule has 4 rings (SSSR count). The van der Waals surface area contributed by atoms with Crippen molar-refractivity contribution in [2.75, 3.05) is 5.32 Å². The van der Waals surface area contributed by atoms with Crippen molar-refractivity contribution in [3.8, 4) is 5.82 Å². The number of aryl methyl sites for hydroxylation is 2. The zero-order valence-electron chi connectivity index (χ0n) is 13.4. The van der Waals surface area contributed by atoms with Crippen molar-refractivity contribution in [3.05, 3.63) is 60.3 Å². The zero-order chi connectivity index (χ0) is 16.5.